The van der Waals surface area contributed by atoms with Crippen molar-refractivity contribution in [1.82, 2.24) is 0 Å². The van der Waals surface area contributed by atoms with Crippen molar-refractivity contribution >= 4 is 26.1 Å². The molecule has 18 heavy (non-hydrogen) atoms. The van der Waals surface area contributed by atoms with E-state index in [4.69, 9.17) is 3.83 Å². The van der Waals surface area contributed by atoms with Gasteiger partial charge in [-0.15, -0.1) is 0 Å². The lowest BCUT2D eigenvalue weighted by molar-refractivity contribution is 0.132. The van der Waals surface area contributed by atoms with Gasteiger partial charge in [0.1, 0.15) is 4.90 Å². The molecule has 0 heterocycles. The summed E-state index contributed by atoms with van der Waals surface area (Å²) in [5, 5.41) is 10.00. The first-order valence-electron chi connectivity index (χ1n) is 5.42. The maximum absolute atomic E-state index is 12.3. The third kappa shape index (κ3) is 3.05. The Bertz CT molecular complexity index is 531. The average Bonchev–Trinajstić information content (AvgIpc) is 2.26. The Morgan fingerprint density at radius 3 is 2.33 bits per heavy atom. The first-order valence-corrected chi connectivity index (χ1v) is 7.61. The molecule has 1 rings (SSSR count). The van der Waals surface area contributed by atoms with E-state index in [1.165, 1.54) is 6.07 Å². The largest absolute Gasteiger partial charge is 0.417 e. The molecule has 0 aliphatic heterocycles. The van der Waals surface area contributed by atoms with Gasteiger partial charge in [0, 0.05) is 5.41 Å². The Morgan fingerprint density at radius 1 is 1.33 bits per heavy atom. The smallest absolute Gasteiger partial charge is 0.209 e. The van der Waals surface area contributed by atoms with Crippen LogP contribution in [0.25, 0.3) is 0 Å². The van der Waals surface area contributed by atoms with Gasteiger partial charge in [-0.05, 0) is 24.6 Å². The van der Waals surface area contributed by atoms with Crippen molar-refractivity contribution in [2.45, 2.75) is 38.0 Å². The second kappa shape index (κ2) is 5.19. The van der Waals surface area contributed by atoms with Crippen LogP contribution in [-0.4, -0.2) is 19.0 Å². The van der Waals surface area contributed by atoms with Gasteiger partial charge in [-0.1, -0.05) is 26.8 Å². The number of aryl methyl sites for hydroxylation is 1. The molecule has 0 fully saturated rings. The van der Waals surface area contributed by atoms with E-state index in [1.54, 1.807) is 32.9 Å². The zero-order valence-electron chi connectivity index (χ0n) is 10.8. The Balaban J connectivity index is 3.38. The van der Waals surface area contributed by atoms with Crippen molar-refractivity contribution in [2.24, 2.45) is 5.41 Å². The Kier molecular flexibility index (Phi) is 4.46. The van der Waals surface area contributed by atoms with Crippen LogP contribution >= 0.6 is 16.3 Å². The fourth-order valence-electron chi connectivity index (χ4n) is 1.50. The van der Waals surface area contributed by atoms with Gasteiger partial charge in [0.05, 0.1) is 0 Å². The lowest BCUT2D eigenvalue weighted by Gasteiger charge is -2.26. The fourth-order valence-corrected chi connectivity index (χ4v) is 3.68. The van der Waals surface area contributed by atoms with E-state index in [9.17, 15) is 13.5 Å². The Hall–Kier alpha value is -0.590. The number of aliphatic hydroxyl groups excluding tert-OH is 1. The zero-order valence-corrected chi connectivity index (χ0v) is 13.2. The molecule has 1 aromatic carbocycles. The predicted octanol–water partition coefficient (Wildman–Crippen LogP) is 2.82. The molecule has 6 heteroatoms. The van der Waals surface area contributed by atoms with Crippen LogP contribution in [0.5, 0.6) is 5.75 Å². The highest BCUT2D eigenvalue weighted by Crippen LogP contribution is 2.34. The molecule has 1 N–H and O–H groups in total. The minimum Gasteiger partial charge on any atom is -0.417 e. The minimum atomic E-state index is -3.86. The van der Waals surface area contributed by atoms with E-state index in [0.29, 0.717) is 0 Å². The van der Waals surface area contributed by atoms with Crippen LogP contribution in [0, 0.1) is 12.3 Å². The minimum absolute atomic E-state index is 0.0209. The first-order chi connectivity index (χ1) is 8.10. The molecule has 102 valence electrons. The number of sulfone groups is 1. The van der Waals surface area contributed by atoms with Gasteiger partial charge in [0.15, 0.2) is 27.4 Å². The highest BCUT2D eigenvalue weighted by Gasteiger charge is 2.37. The summed E-state index contributed by atoms with van der Waals surface area (Å²) in [6, 6.07) is 4.70. The molecule has 1 aromatic rings. The van der Waals surface area contributed by atoms with Crippen LogP contribution in [0.2, 0.25) is 0 Å². The molecule has 1 unspecified atom stereocenters. The van der Waals surface area contributed by atoms with Crippen molar-refractivity contribution in [3.8, 4) is 5.75 Å². The lowest BCUT2D eigenvalue weighted by atomic mass is 9.98. The van der Waals surface area contributed by atoms with Crippen molar-refractivity contribution in [3.05, 3.63) is 23.8 Å². The molecule has 0 saturated carbocycles. The van der Waals surface area contributed by atoms with E-state index < -0.39 is 20.7 Å². The molecule has 4 nitrogen and oxygen atoms in total. The predicted molar refractivity (Wildman–Crippen MR) is 73.4 cm³/mol. The molecular weight excluding hydrogens is 320 g/mol. The molecule has 0 aromatic heterocycles. The van der Waals surface area contributed by atoms with Gasteiger partial charge in [0.25, 0.3) is 0 Å². The Labute approximate surface area is 116 Å². The number of aliphatic hydroxyl groups is 1. The molecule has 0 aliphatic rings. The van der Waals surface area contributed by atoms with Gasteiger partial charge >= 0.3 is 0 Å². The lowest BCUT2D eigenvalue weighted by Crippen LogP contribution is -2.34. The maximum atomic E-state index is 12.3. The van der Waals surface area contributed by atoms with Gasteiger partial charge in [-0.3, -0.25) is 0 Å². The summed E-state index contributed by atoms with van der Waals surface area (Å²) in [6.45, 7) is 6.82. The monoisotopic (exact) mass is 336 g/mol. The van der Waals surface area contributed by atoms with E-state index in [2.05, 4.69) is 16.3 Å². The van der Waals surface area contributed by atoms with Crippen molar-refractivity contribution < 1.29 is 17.4 Å². The van der Waals surface area contributed by atoms with E-state index in [1.807, 2.05) is 6.92 Å². The zero-order chi connectivity index (χ0) is 14.1. The quantitative estimate of drug-likeness (QED) is 0.921. The van der Waals surface area contributed by atoms with Crippen molar-refractivity contribution in [2.75, 3.05) is 0 Å². The van der Waals surface area contributed by atoms with Crippen molar-refractivity contribution in [3.63, 3.8) is 0 Å². The average molecular weight is 337 g/mol. The number of halogens is 1. The summed E-state index contributed by atoms with van der Waals surface area (Å²) in [6.07, 6.45) is 0. The molecule has 0 radical (unpaired) electrons. The van der Waals surface area contributed by atoms with Crippen LogP contribution < -0.4 is 3.83 Å². The fraction of sp³-hybridized carbons (Fsp3) is 0.500. The number of rotatable bonds is 3. The second-order valence-electron chi connectivity index (χ2n) is 5.29. The van der Waals surface area contributed by atoms with Crippen LogP contribution in [0.3, 0.4) is 0 Å². The van der Waals surface area contributed by atoms with Crippen LogP contribution in [0.4, 0.5) is 0 Å². The first kappa shape index (κ1) is 15.5. The highest BCUT2D eigenvalue weighted by atomic mass is 79.9. The van der Waals surface area contributed by atoms with E-state index >= 15 is 0 Å². The number of hydrogen-bond acceptors (Lipinski definition) is 4. The maximum Gasteiger partial charge on any atom is 0.209 e. The van der Waals surface area contributed by atoms with E-state index in [0.717, 1.165) is 5.56 Å². The third-order valence-corrected chi connectivity index (χ3v) is 5.12. The second-order valence-corrected chi connectivity index (χ2v) is 7.59. The van der Waals surface area contributed by atoms with Crippen molar-refractivity contribution in [1.29, 1.82) is 0 Å². The molecule has 0 saturated heterocycles. The standard InChI is InChI=1S/C12H17BrO4S/c1-8-5-6-10(9(7-8)17-13)18(15,16)11(14)12(2,3)4/h5-7,11,14H,1-4H3. The van der Waals surface area contributed by atoms with Crippen LogP contribution in [-0.2, 0) is 9.84 Å². The summed E-state index contributed by atoms with van der Waals surface area (Å²) in [5.41, 5.74) is -1.39. The van der Waals surface area contributed by atoms with Crippen LogP contribution in [0.15, 0.2) is 23.1 Å². The highest BCUT2D eigenvalue weighted by molar-refractivity contribution is 9.06. The molecule has 0 aliphatic carbocycles. The van der Waals surface area contributed by atoms with Crippen LogP contribution in [0.1, 0.15) is 26.3 Å². The summed E-state index contributed by atoms with van der Waals surface area (Å²) in [7, 11) is -3.86. The topological polar surface area (TPSA) is 63.6 Å². The summed E-state index contributed by atoms with van der Waals surface area (Å²) in [4.78, 5) is -0.0209. The number of hydrogen-bond donors (Lipinski definition) is 1. The summed E-state index contributed by atoms with van der Waals surface area (Å²) < 4.78 is 29.5. The van der Waals surface area contributed by atoms with Gasteiger partial charge in [0.2, 0.25) is 9.84 Å². The molecule has 0 spiro atoms. The molecular formula is C12H17BrO4S. The van der Waals surface area contributed by atoms with Gasteiger partial charge in [-0.25, -0.2) is 8.42 Å². The van der Waals surface area contributed by atoms with Gasteiger partial charge < -0.3 is 8.93 Å². The Morgan fingerprint density at radius 2 is 1.89 bits per heavy atom. The normalized spacial score (nSPS) is 14.3. The summed E-state index contributed by atoms with van der Waals surface area (Å²) in [5.74, 6) is 0.179. The molecule has 0 amide bonds. The molecule has 0 bridgehead atoms. The third-order valence-electron chi connectivity index (χ3n) is 2.52. The van der Waals surface area contributed by atoms with E-state index in [-0.39, 0.29) is 10.6 Å². The molecule has 1 atom stereocenters. The number of benzene rings is 1. The summed E-state index contributed by atoms with van der Waals surface area (Å²) >= 11 is 2.79. The SMILES string of the molecule is Cc1ccc(S(=O)(=O)C(O)C(C)(C)C)c(OBr)c1. The van der Waals surface area contributed by atoms with Gasteiger partial charge in [-0.2, -0.15) is 0 Å².